The van der Waals surface area contributed by atoms with Crippen LogP contribution in [-0.4, -0.2) is 55.9 Å². The number of nitrogens with two attached hydrogens (primary N) is 1. The lowest BCUT2D eigenvalue weighted by atomic mass is 9.99. The largest absolute Gasteiger partial charge is 0.468 e. The lowest BCUT2D eigenvalue weighted by Crippen LogP contribution is -2.32. The summed E-state index contributed by atoms with van der Waals surface area (Å²) in [7, 11) is 3.55. The fraction of sp³-hybridized carbons (Fsp3) is 0.333. The quantitative estimate of drug-likeness (QED) is 0.475. The summed E-state index contributed by atoms with van der Waals surface area (Å²) in [6, 6.07) is 9.09. The predicted molar refractivity (Wildman–Crippen MR) is 127 cm³/mol. The molecule has 1 amide bonds. The van der Waals surface area contributed by atoms with Gasteiger partial charge in [0.05, 0.1) is 11.3 Å². The Morgan fingerprint density at radius 2 is 2.21 bits per heavy atom. The van der Waals surface area contributed by atoms with Crippen LogP contribution in [0.25, 0.3) is 22.0 Å². The summed E-state index contributed by atoms with van der Waals surface area (Å²) in [4.78, 5) is 18.5. The first-order chi connectivity index (χ1) is 15.9. The number of likely N-dealkylation sites (tertiary alicyclic amines) is 1. The number of amides is 1. The molecule has 0 spiro atoms. The van der Waals surface area contributed by atoms with E-state index in [1.165, 1.54) is 13.3 Å². The van der Waals surface area contributed by atoms with E-state index in [4.69, 9.17) is 26.8 Å². The maximum Gasteiger partial charge on any atom is 0.252 e. The van der Waals surface area contributed by atoms with Gasteiger partial charge in [0, 0.05) is 41.9 Å². The van der Waals surface area contributed by atoms with E-state index in [9.17, 15) is 4.79 Å². The average molecular weight is 473 g/mol. The van der Waals surface area contributed by atoms with E-state index in [2.05, 4.69) is 15.2 Å². The monoisotopic (exact) mass is 472 g/mol. The van der Waals surface area contributed by atoms with Gasteiger partial charge >= 0.3 is 0 Å². The van der Waals surface area contributed by atoms with Crippen LogP contribution in [0.4, 0.5) is 10.1 Å². The highest BCUT2D eigenvalue weighted by Crippen LogP contribution is 2.39. The Hall–Kier alpha value is -2.94. The molecule has 1 saturated heterocycles. The number of anilines is 1. The minimum atomic E-state index is -0.754. The maximum atomic E-state index is 15.9. The number of carbonyl (C=O) groups is 1. The number of benzene rings is 2. The van der Waals surface area contributed by atoms with Crippen LogP contribution in [-0.2, 0) is 4.74 Å². The molecule has 2 aromatic carbocycles. The van der Waals surface area contributed by atoms with Crippen molar-refractivity contribution in [2.24, 2.45) is 5.73 Å². The minimum absolute atomic E-state index is 0.000843. The van der Waals surface area contributed by atoms with E-state index < -0.39 is 11.7 Å². The number of hydrogen-bond donors (Lipinski definition) is 2. The zero-order chi connectivity index (χ0) is 23.5. The van der Waals surface area contributed by atoms with Crippen LogP contribution < -0.4 is 15.8 Å². The third kappa shape index (κ3) is 4.73. The molecule has 33 heavy (non-hydrogen) atoms. The average Bonchev–Trinajstić information content (AvgIpc) is 3.20. The van der Waals surface area contributed by atoms with Crippen molar-refractivity contribution in [2.45, 2.75) is 18.9 Å². The van der Waals surface area contributed by atoms with Crippen molar-refractivity contribution in [2.75, 3.05) is 39.4 Å². The van der Waals surface area contributed by atoms with E-state index in [1.807, 2.05) is 13.1 Å². The van der Waals surface area contributed by atoms with Crippen molar-refractivity contribution in [1.82, 2.24) is 9.88 Å². The van der Waals surface area contributed by atoms with Crippen LogP contribution in [0.5, 0.6) is 5.75 Å². The number of nitrogens with zero attached hydrogens (tertiary/aromatic N) is 2. The Labute approximate surface area is 196 Å². The normalized spacial score (nSPS) is 16.3. The minimum Gasteiger partial charge on any atom is -0.468 e. The van der Waals surface area contributed by atoms with Gasteiger partial charge in [0.15, 0.2) is 12.6 Å². The van der Waals surface area contributed by atoms with Crippen molar-refractivity contribution < 1.29 is 18.7 Å². The molecule has 0 bridgehead atoms. The lowest BCUT2D eigenvalue weighted by molar-refractivity contribution is 0.0512. The van der Waals surface area contributed by atoms with Crippen molar-refractivity contribution in [3.63, 3.8) is 0 Å². The Morgan fingerprint density at radius 3 is 2.91 bits per heavy atom. The van der Waals surface area contributed by atoms with Gasteiger partial charge in [0.25, 0.3) is 5.91 Å². The molecule has 1 fully saturated rings. The number of pyridine rings is 1. The molecule has 0 unspecified atom stereocenters. The van der Waals surface area contributed by atoms with Crippen LogP contribution in [0.3, 0.4) is 0 Å². The number of ether oxygens (including phenoxy) is 2. The summed E-state index contributed by atoms with van der Waals surface area (Å²) >= 11 is 6.49. The molecule has 4 rings (SSSR count). The molecule has 1 aliphatic heterocycles. The molecule has 0 radical (unpaired) electrons. The highest BCUT2D eigenvalue weighted by Gasteiger charge is 2.25. The Kier molecular flexibility index (Phi) is 6.97. The zero-order valence-electron chi connectivity index (χ0n) is 18.5. The maximum absolute atomic E-state index is 15.9. The molecule has 174 valence electrons. The van der Waals surface area contributed by atoms with Crippen LogP contribution in [0.1, 0.15) is 23.2 Å². The van der Waals surface area contributed by atoms with E-state index in [-0.39, 0.29) is 29.8 Å². The highest BCUT2D eigenvalue weighted by atomic mass is 35.5. The number of nitrogens with one attached hydrogen (secondary N) is 1. The molecule has 9 heteroatoms. The van der Waals surface area contributed by atoms with Gasteiger partial charge in [-0.05, 0) is 50.0 Å². The second-order valence-corrected chi connectivity index (χ2v) is 8.50. The Morgan fingerprint density at radius 1 is 1.39 bits per heavy atom. The van der Waals surface area contributed by atoms with Crippen LogP contribution in [0.15, 0.2) is 36.5 Å². The number of halogens is 2. The topological polar surface area (TPSA) is 89.7 Å². The van der Waals surface area contributed by atoms with Gasteiger partial charge in [-0.15, -0.1) is 0 Å². The van der Waals surface area contributed by atoms with Gasteiger partial charge in [0.2, 0.25) is 0 Å². The Bertz CT molecular complexity index is 1190. The molecule has 0 aliphatic carbocycles. The van der Waals surface area contributed by atoms with Crippen LogP contribution in [0.2, 0.25) is 5.02 Å². The molecular weight excluding hydrogens is 447 g/mol. The molecular formula is C24H26ClFN4O3. The number of rotatable bonds is 8. The van der Waals surface area contributed by atoms with Gasteiger partial charge in [0.1, 0.15) is 11.4 Å². The number of primary amides is 1. The van der Waals surface area contributed by atoms with Crippen molar-refractivity contribution >= 4 is 34.0 Å². The molecule has 1 aromatic heterocycles. The summed E-state index contributed by atoms with van der Waals surface area (Å²) in [6.07, 6.45) is 3.37. The second kappa shape index (κ2) is 9.91. The molecule has 2 heterocycles. The van der Waals surface area contributed by atoms with Crippen molar-refractivity contribution in [3.05, 3.63) is 52.9 Å². The summed E-state index contributed by atoms with van der Waals surface area (Å²) in [5.74, 6) is -0.948. The standard InChI is InChI=1S/C24H26ClFN4O3/c1-30-8-4-6-15(30)11-28-23-18(24(27)31)12-29-22(21(23)26)17-10-16(33-13-32-2)9-14-5-3-7-19(25)20(14)17/h3,5,7,9-10,12,15H,4,6,8,11,13H2,1-2H3,(H2,27,31)(H,28,29)/t15-/m0/s1. The molecule has 1 atom stereocenters. The fourth-order valence-electron chi connectivity index (χ4n) is 4.24. The number of hydrogen-bond acceptors (Lipinski definition) is 6. The second-order valence-electron chi connectivity index (χ2n) is 8.09. The zero-order valence-corrected chi connectivity index (χ0v) is 19.3. The van der Waals surface area contributed by atoms with Crippen LogP contribution in [0, 0.1) is 5.82 Å². The van der Waals surface area contributed by atoms with Gasteiger partial charge in [-0.3, -0.25) is 9.78 Å². The Balaban J connectivity index is 1.84. The summed E-state index contributed by atoms with van der Waals surface area (Å²) in [5, 5.41) is 4.95. The van der Waals surface area contributed by atoms with E-state index in [0.29, 0.717) is 28.3 Å². The van der Waals surface area contributed by atoms with E-state index in [0.717, 1.165) is 24.8 Å². The van der Waals surface area contributed by atoms with Crippen molar-refractivity contribution in [1.29, 1.82) is 0 Å². The highest BCUT2D eigenvalue weighted by molar-refractivity contribution is 6.36. The first kappa shape index (κ1) is 23.2. The smallest absolute Gasteiger partial charge is 0.252 e. The van der Waals surface area contributed by atoms with Crippen molar-refractivity contribution in [3.8, 4) is 17.0 Å². The molecule has 3 N–H and O–H groups in total. The molecule has 3 aromatic rings. The number of aromatic nitrogens is 1. The van der Waals surface area contributed by atoms with Gasteiger partial charge in [-0.1, -0.05) is 23.7 Å². The number of methoxy groups -OCH3 is 1. The van der Waals surface area contributed by atoms with Gasteiger partial charge in [-0.2, -0.15) is 0 Å². The SMILES string of the molecule is COCOc1cc(-c2ncc(C(N)=O)c(NC[C@@H]3CCCN3C)c2F)c2c(Cl)cccc2c1. The third-order valence-electron chi connectivity index (χ3n) is 5.97. The molecule has 0 saturated carbocycles. The predicted octanol–water partition coefficient (Wildman–Crippen LogP) is 4.28. The lowest BCUT2D eigenvalue weighted by Gasteiger charge is -2.22. The fourth-order valence-corrected chi connectivity index (χ4v) is 4.53. The first-order valence-corrected chi connectivity index (χ1v) is 11.0. The number of fused-ring (bicyclic) bond motifs is 1. The van der Waals surface area contributed by atoms with E-state index >= 15 is 4.39 Å². The van der Waals surface area contributed by atoms with Gasteiger partial charge < -0.3 is 25.4 Å². The molecule has 7 nitrogen and oxygen atoms in total. The van der Waals surface area contributed by atoms with Crippen LogP contribution >= 0.6 is 11.6 Å². The van der Waals surface area contributed by atoms with E-state index in [1.54, 1.807) is 24.3 Å². The number of likely N-dealkylation sites (N-methyl/N-ethyl adjacent to an activating group) is 1. The molecule has 1 aliphatic rings. The summed E-state index contributed by atoms with van der Waals surface area (Å²) in [5.41, 5.74) is 6.05. The number of carbonyl (C=O) groups excluding carboxylic acids is 1. The summed E-state index contributed by atoms with van der Waals surface area (Å²) < 4.78 is 26.5. The van der Waals surface area contributed by atoms with Gasteiger partial charge in [-0.25, -0.2) is 4.39 Å². The summed E-state index contributed by atoms with van der Waals surface area (Å²) in [6.45, 7) is 1.50. The first-order valence-electron chi connectivity index (χ1n) is 10.7. The third-order valence-corrected chi connectivity index (χ3v) is 6.28.